The smallest absolute Gasteiger partial charge is 0.183 e. The molecule has 0 bridgehead atoms. The van der Waals surface area contributed by atoms with E-state index in [-0.39, 0.29) is 0 Å². The van der Waals surface area contributed by atoms with Crippen LogP contribution in [0.25, 0.3) is 0 Å². The van der Waals surface area contributed by atoms with E-state index in [1.165, 1.54) is 0 Å². The molecule has 0 radical (unpaired) electrons. The van der Waals surface area contributed by atoms with Gasteiger partial charge in [0.25, 0.3) is 0 Å². The van der Waals surface area contributed by atoms with Gasteiger partial charge in [0.2, 0.25) is 0 Å². The summed E-state index contributed by atoms with van der Waals surface area (Å²) in [6, 6.07) is 1.79. The molecule has 0 saturated carbocycles. The van der Waals surface area contributed by atoms with Crippen LogP contribution >= 0.6 is 0 Å². The molecule has 20 heavy (non-hydrogen) atoms. The molecule has 0 saturated heterocycles. The highest BCUT2D eigenvalue weighted by atomic mass is 16.5. The van der Waals surface area contributed by atoms with Crippen LogP contribution in [0.15, 0.2) is 12.3 Å². The summed E-state index contributed by atoms with van der Waals surface area (Å²) in [5.74, 6) is 1.99. The lowest BCUT2D eigenvalue weighted by Gasteiger charge is -2.12. The van der Waals surface area contributed by atoms with Gasteiger partial charge in [0.15, 0.2) is 11.5 Å². The number of hydrogen-bond acceptors (Lipinski definition) is 5. The molecule has 5 heteroatoms. The third-order valence-electron chi connectivity index (χ3n) is 2.75. The predicted octanol–water partition coefficient (Wildman–Crippen LogP) is 2.25. The standard InChI is InChI=1S/C15H26N2O3/c1-12(2)11-20-9-5-7-16-10-13-15(19-4)14(18-3)6-8-17-13/h6,8,12,16H,5,7,9-11H2,1-4H3. The molecule has 114 valence electrons. The van der Waals surface area contributed by atoms with Gasteiger partial charge in [-0.05, 0) is 18.9 Å². The first-order valence-electron chi connectivity index (χ1n) is 7.03. The molecule has 1 N–H and O–H groups in total. The topological polar surface area (TPSA) is 52.6 Å². The Hall–Kier alpha value is -1.33. The summed E-state index contributed by atoms with van der Waals surface area (Å²) in [4.78, 5) is 4.32. The zero-order valence-electron chi connectivity index (χ0n) is 12.9. The highest BCUT2D eigenvalue weighted by Gasteiger charge is 2.10. The van der Waals surface area contributed by atoms with Crippen LogP contribution in [0.1, 0.15) is 26.0 Å². The third-order valence-corrected chi connectivity index (χ3v) is 2.75. The number of nitrogens with zero attached hydrogens (tertiary/aromatic N) is 1. The molecule has 1 aromatic heterocycles. The molecule has 0 aromatic carbocycles. The molecule has 0 fully saturated rings. The minimum Gasteiger partial charge on any atom is -0.493 e. The van der Waals surface area contributed by atoms with Gasteiger partial charge in [0.05, 0.1) is 19.9 Å². The number of aromatic nitrogens is 1. The molecule has 0 atom stereocenters. The second-order valence-corrected chi connectivity index (χ2v) is 4.99. The number of rotatable bonds is 10. The molecule has 1 rings (SSSR count). The second kappa shape index (κ2) is 9.55. The van der Waals surface area contributed by atoms with Gasteiger partial charge in [-0.2, -0.15) is 0 Å². The van der Waals surface area contributed by atoms with Crippen molar-refractivity contribution in [2.24, 2.45) is 5.92 Å². The van der Waals surface area contributed by atoms with E-state index in [9.17, 15) is 0 Å². The first-order chi connectivity index (χ1) is 9.69. The van der Waals surface area contributed by atoms with Crippen molar-refractivity contribution >= 4 is 0 Å². The Labute approximate surface area is 121 Å². The van der Waals surface area contributed by atoms with Crippen molar-refractivity contribution in [3.8, 4) is 11.5 Å². The summed E-state index contributed by atoms with van der Waals surface area (Å²) in [7, 11) is 3.25. The number of ether oxygens (including phenoxy) is 3. The van der Waals surface area contributed by atoms with Crippen molar-refractivity contribution in [3.05, 3.63) is 18.0 Å². The van der Waals surface area contributed by atoms with Crippen molar-refractivity contribution < 1.29 is 14.2 Å². The van der Waals surface area contributed by atoms with Crippen LogP contribution in [0, 0.1) is 5.92 Å². The van der Waals surface area contributed by atoms with E-state index in [4.69, 9.17) is 14.2 Å². The number of hydrogen-bond donors (Lipinski definition) is 1. The number of methoxy groups -OCH3 is 2. The predicted molar refractivity (Wildman–Crippen MR) is 79.3 cm³/mol. The van der Waals surface area contributed by atoms with E-state index in [2.05, 4.69) is 24.1 Å². The summed E-state index contributed by atoms with van der Waals surface area (Å²) in [5.41, 5.74) is 0.856. The second-order valence-electron chi connectivity index (χ2n) is 4.99. The lowest BCUT2D eigenvalue weighted by molar-refractivity contribution is 0.108. The maximum atomic E-state index is 5.53. The Morgan fingerprint density at radius 3 is 2.70 bits per heavy atom. The van der Waals surface area contributed by atoms with Crippen molar-refractivity contribution in [3.63, 3.8) is 0 Å². The first kappa shape index (κ1) is 16.7. The van der Waals surface area contributed by atoms with Crippen molar-refractivity contribution in [2.45, 2.75) is 26.8 Å². The monoisotopic (exact) mass is 282 g/mol. The van der Waals surface area contributed by atoms with Crippen LogP contribution in [-0.2, 0) is 11.3 Å². The molecule has 0 aliphatic heterocycles. The van der Waals surface area contributed by atoms with Crippen LogP contribution in [0.4, 0.5) is 0 Å². The number of nitrogens with one attached hydrogen (secondary N) is 1. The van der Waals surface area contributed by atoms with E-state index in [0.717, 1.165) is 31.9 Å². The van der Waals surface area contributed by atoms with Crippen LogP contribution in [0.5, 0.6) is 11.5 Å². The maximum Gasteiger partial charge on any atom is 0.183 e. The van der Waals surface area contributed by atoms with Gasteiger partial charge in [-0.1, -0.05) is 13.8 Å². The Kier molecular flexibility index (Phi) is 7.99. The van der Waals surface area contributed by atoms with Crippen molar-refractivity contribution in [1.82, 2.24) is 10.3 Å². The third kappa shape index (κ3) is 5.75. The lowest BCUT2D eigenvalue weighted by Crippen LogP contribution is -2.18. The van der Waals surface area contributed by atoms with Crippen LogP contribution in [0.2, 0.25) is 0 Å². The van der Waals surface area contributed by atoms with E-state index in [1.54, 1.807) is 26.5 Å². The number of pyridine rings is 1. The first-order valence-corrected chi connectivity index (χ1v) is 7.03. The molecule has 0 aliphatic carbocycles. The van der Waals surface area contributed by atoms with Crippen LogP contribution in [0.3, 0.4) is 0 Å². The summed E-state index contributed by atoms with van der Waals surface area (Å²) >= 11 is 0. The largest absolute Gasteiger partial charge is 0.493 e. The maximum absolute atomic E-state index is 5.53. The Morgan fingerprint density at radius 1 is 1.25 bits per heavy atom. The van der Waals surface area contributed by atoms with Gasteiger partial charge in [-0.15, -0.1) is 0 Å². The summed E-state index contributed by atoms with van der Waals surface area (Å²) in [5, 5.41) is 3.34. The van der Waals surface area contributed by atoms with Gasteiger partial charge in [0.1, 0.15) is 0 Å². The SMILES string of the molecule is COc1ccnc(CNCCCOCC(C)C)c1OC. The molecule has 1 aromatic rings. The molecule has 0 aliphatic rings. The Bertz CT molecular complexity index is 383. The van der Waals surface area contributed by atoms with E-state index >= 15 is 0 Å². The minimum atomic E-state index is 0.591. The van der Waals surface area contributed by atoms with Gasteiger partial charge in [-0.25, -0.2) is 0 Å². The molecule has 5 nitrogen and oxygen atoms in total. The van der Waals surface area contributed by atoms with Gasteiger partial charge >= 0.3 is 0 Å². The van der Waals surface area contributed by atoms with Gasteiger partial charge < -0.3 is 19.5 Å². The fraction of sp³-hybridized carbons (Fsp3) is 0.667. The Morgan fingerprint density at radius 2 is 2.05 bits per heavy atom. The zero-order chi connectivity index (χ0) is 14.8. The fourth-order valence-corrected chi connectivity index (χ4v) is 1.80. The normalized spacial score (nSPS) is 10.8. The van der Waals surface area contributed by atoms with Crippen LogP contribution < -0.4 is 14.8 Å². The molecular weight excluding hydrogens is 256 g/mol. The lowest BCUT2D eigenvalue weighted by atomic mass is 10.2. The molecule has 0 amide bonds. The fourth-order valence-electron chi connectivity index (χ4n) is 1.80. The average molecular weight is 282 g/mol. The van der Waals surface area contributed by atoms with Crippen molar-refractivity contribution in [2.75, 3.05) is 34.0 Å². The van der Waals surface area contributed by atoms with E-state index < -0.39 is 0 Å². The summed E-state index contributed by atoms with van der Waals surface area (Å²) < 4.78 is 16.1. The van der Waals surface area contributed by atoms with Crippen molar-refractivity contribution in [1.29, 1.82) is 0 Å². The van der Waals surface area contributed by atoms with E-state index in [0.29, 0.717) is 24.0 Å². The summed E-state index contributed by atoms with van der Waals surface area (Å²) in [6.07, 6.45) is 2.71. The highest BCUT2D eigenvalue weighted by Crippen LogP contribution is 2.28. The van der Waals surface area contributed by atoms with Gasteiger partial charge in [0, 0.05) is 32.0 Å². The quantitative estimate of drug-likeness (QED) is 0.667. The highest BCUT2D eigenvalue weighted by molar-refractivity contribution is 5.42. The molecule has 0 spiro atoms. The van der Waals surface area contributed by atoms with Gasteiger partial charge in [-0.3, -0.25) is 4.98 Å². The average Bonchev–Trinajstić information content (AvgIpc) is 2.45. The van der Waals surface area contributed by atoms with Crippen LogP contribution in [-0.4, -0.2) is 39.0 Å². The Balaban J connectivity index is 2.28. The van der Waals surface area contributed by atoms with E-state index in [1.807, 2.05) is 0 Å². The zero-order valence-corrected chi connectivity index (χ0v) is 12.9. The molecular formula is C15H26N2O3. The molecule has 1 heterocycles. The summed E-state index contributed by atoms with van der Waals surface area (Å²) in [6.45, 7) is 7.46. The minimum absolute atomic E-state index is 0.591. The molecule has 0 unspecified atom stereocenters.